The number of hydrogen-bond donors (Lipinski definition) is 2. The second-order valence-electron chi connectivity index (χ2n) is 3.66. The SMILES string of the molecule is O=C(NCCn1cccn1)c1c(O)cccc1F. The van der Waals surface area contributed by atoms with Crippen molar-refractivity contribution in [2.75, 3.05) is 6.54 Å². The maximum atomic E-state index is 13.4. The third kappa shape index (κ3) is 2.65. The van der Waals surface area contributed by atoms with Crippen molar-refractivity contribution in [1.29, 1.82) is 0 Å². The summed E-state index contributed by atoms with van der Waals surface area (Å²) in [6.45, 7) is 0.780. The van der Waals surface area contributed by atoms with Crippen molar-refractivity contribution < 1.29 is 14.3 Å². The molecule has 1 amide bonds. The molecular formula is C12H12FN3O2. The van der Waals surface area contributed by atoms with E-state index in [4.69, 9.17) is 0 Å². The number of carbonyl (C=O) groups is 1. The van der Waals surface area contributed by atoms with Gasteiger partial charge in [-0.25, -0.2) is 4.39 Å². The summed E-state index contributed by atoms with van der Waals surface area (Å²) in [5.74, 6) is -1.75. The van der Waals surface area contributed by atoms with Gasteiger partial charge in [0.05, 0.1) is 6.54 Å². The summed E-state index contributed by atoms with van der Waals surface area (Å²) in [5, 5.41) is 15.9. The molecule has 0 fully saturated rings. The molecule has 1 aromatic carbocycles. The molecule has 0 atom stereocenters. The highest BCUT2D eigenvalue weighted by Gasteiger charge is 2.15. The topological polar surface area (TPSA) is 67.2 Å². The number of phenolic OH excluding ortho intramolecular Hbond substituents is 1. The van der Waals surface area contributed by atoms with Gasteiger partial charge in [0, 0.05) is 18.9 Å². The number of nitrogens with one attached hydrogen (secondary N) is 1. The largest absolute Gasteiger partial charge is 0.507 e. The summed E-state index contributed by atoms with van der Waals surface area (Å²) < 4.78 is 15.0. The van der Waals surface area contributed by atoms with Gasteiger partial charge < -0.3 is 10.4 Å². The number of amides is 1. The molecule has 0 radical (unpaired) electrons. The smallest absolute Gasteiger partial charge is 0.258 e. The van der Waals surface area contributed by atoms with Gasteiger partial charge >= 0.3 is 0 Å². The van der Waals surface area contributed by atoms with Gasteiger partial charge in [0.2, 0.25) is 0 Å². The van der Waals surface area contributed by atoms with Crippen LogP contribution in [0.1, 0.15) is 10.4 Å². The maximum Gasteiger partial charge on any atom is 0.258 e. The Morgan fingerprint density at radius 3 is 2.94 bits per heavy atom. The number of hydrogen-bond acceptors (Lipinski definition) is 3. The van der Waals surface area contributed by atoms with Crippen LogP contribution in [0.3, 0.4) is 0 Å². The Hall–Kier alpha value is -2.37. The number of nitrogens with zero attached hydrogens (tertiary/aromatic N) is 2. The highest BCUT2D eigenvalue weighted by Crippen LogP contribution is 2.19. The van der Waals surface area contributed by atoms with E-state index in [0.717, 1.165) is 6.07 Å². The standard InChI is InChI=1S/C12H12FN3O2/c13-9-3-1-4-10(17)11(9)12(18)14-6-8-16-7-2-5-15-16/h1-5,7,17H,6,8H2,(H,14,18). The van der Waals surface area contributed by atoms with Crippen molar-refractivity contribution in [3.8, 4) is 5.75 Å². The Bertz CT molecular complexity index is 520. The quantitative estimate of drug-likeness (QED) is 0.854. The van der Waals surface area contributed by atoms with Crippen molar-refractivity contribution in [3.05, 3.63) is 48.0 Å². The van der Waals surface area contributed by atoms with Gasteiger partial charge in [0.1, 0.15) is 17.1 Å². The number of carbonyl (C=O) groups excluding carboxylic acids is 1. The molecule has 1 aromatic heterocycles. The maximum absolute atomic E-state index is 13.4. The zero-order chi connectivity index (χ0) is 13.0. The van der Waals surface area contributed by atoms with E-state index in [2.05, 4.69) is 10.4 Å². The molecule has 0 unspecified atom stereocenters. The zero-order valence-electron chi connectivity index (χ0n) is 9.51. The zero-order valence-corrected chi connectivity index (χ0v) is 9.51. The van der Waals surface area contributed by atoms with Gasteiger partial charge in [0.25, 0.3) is 5.91 Å². The lowest BCUT2D eigenvalue weighted by atomic mass is 10.1. The van der Waals surface area contributed by atoms with Gasteiger partial charge in [-0.15, -0.1) is 0 Å². The average molecular weight is 249 g/mol. The molecule has 0 bridgehead atoms. The van der Waals surface area contributed by atoms with Crippen LogP contribution in [0.4, 0.5) is 4.39 Å². The van der Waals surface area contributed by atoms with Crippen molar-refractivity contribution in [2.24, 2.45) is 0 Å². The molecule has 0 aliphatic carbocycles. The van der Waals surface area contributed by atoms with E-state index in [1.54, 1.807) is 23.1 Å². The normalized spacial score (nSPS) is 10.3. The lowest BCUT2D eigenvalue weighted by Gasteiger charge is -2.07. The Balaban J connectivity index is 1.96. The first kappa shape index (κ1) is 12.1. The molecule has 94 valence electrons. The Labute approximate surface area is 103 Å². The van der Waals surface area contributed by atoms with Crippen molar-refractivity contribution in [3.63, 3.8) is 0 Å². The molecule has 0 aliphatic rings. The number of halogens is 1. The Morgan fingerprint density at radius 1 is 1.44 bits per heavy atom. The van der Waals surface area contributed by atoms with Crippen LogP contribution in [-0.4, -0.2) is 27.3 Å². The van der Waals surface area contributed by atoms with Crippen LogP contribution in [0.25, 0.3) is 0 Å². The summed E-state index contributed by atoms with van der Waals surface area (Å²) in [4.78, 5) is 11.7. The minimum absolute atomic E-state index is 0.300. The first-order chi connectivity index (χ1) is 8.68. The third-order valence-electron chi connectivity index (χ3n) is 2.40. The van der Waals surface area contributed by atoms with E-state index in [1.807, 2.05) is 0 Å². The molecule has 1 heterocycles. The molecule has 6 heteroatoms. The molecule has 18 heavy (non-hydrogen) atoms. The van der Waals surface area contributed by atoms with Crippen LogP contribution in [0.5, 0.6) is 5.75 Å². The fourth-order valence-corrected chi connectivity index (χ4v) is 1.54. The second kappa shape index (κ2) is 5.31. The van der Waals surface area contributed by atoms with Crippen molar-refractivity contribution in [1.82, 2.24) is 15.1 Å². The van der Waals surface area contributed by atoms with Crippen LogP contribution in [0.2, 0.25) is 0 Å². The first-order valence-electron chi connectivity index (χ1n) is 5.41. The minimum atomic E-state index is -0.744. The molecule has 2 rings (SSSR count). The molecule has 2 aromatic rings. The molecular weight excluding hydrogens is 237 g/mol. The van der Waals surface area contributed by atoms with Gasteiger partial charge in [-0.05, 0) is 18.2 Å². The Kier molecular flexibility index (Phi) is 3.57. The van der Waals surface area contributed by atoms with Crippen LogP contribution in [-0.2, 0) is 6.54 Å². The molecule has 5 nitrogen and oxygen atoms in total. The van der Waals surface area contributed by atoms with Gasteiger partial charge in [-0.2, -0.15) is 5.10 Å². The second-order valence-corrected chi connectivity index (χ2v) is 3.66. The highest BCUT2D eigenvalue weighted by atomic mass is 19.1. The number of aromatic hydroxyl groups is 1. The fourth-order valence-electron chi connectivity index (χ4n) is 1.54. The average Bonchev–Trinajstić information content (AvgIpc) is 2.82. The third-order valence-corrected chi connectivity index (χ3v) is 2.40. The lowest BCUT2D eigenvalue weighted by molar-refractivity contribution is 0.0945. The summed E-state index contributed by atoms with van der Waals surface area (Å²) in [6, 6.07) is 5.50. The van der Waals surface area contributed by atoms with E-state index >= 15 is 0 Å². The number of phenols is 1. The van der Waals surface area contributed by atoms with Gasteiger partial charge in [-0.3, -0.25) is 9.48 Å². The Morgan fingerprint density at radius 2 is 2.28 bits per heavy atom. The molecule has 0 aliphatic heterocycles. The van der Waals surface area contributed by atoms with Crippen LogP contribution < -0.4 is 5.32 Å². The molecule has 0 saturated heterocycles. The molecule has 0 saturated carbocycles. The number of rotatable bonds is 4. The van der Waals surface area contributed by atoms with E-state index in [1.165, 1.54) is 12.1 Å². The summed E-state index contributed by atoms with van der Waals surface area (Å²) in [5.41, 5.74) is -0.335. The van der Waals surface area contributed by atoms with Crippen LogP contribution in [0.15, 0.2) is 36.7 Å². The fraction of sp³-hybridized carbons (Fsp3) is 0.167. The number of benzene rings is 1. The monoisotopic (exact) mass is 249 g/mol. The van der Waals surface area contributed by atoms with E-state index < -0.39 is 11.7 Å². The molecule has 2 N–H and O–H groups in total. The van der Waals surface area contributed by atoms with Crippen molar-refractivity contribution >= 4 is 5.91 Å². The summed E-state index contributed by atoms with van der Waals surface area (Å²) >= 11 is 0. The summed E-state index contributed by atoms with van der Waals surface area (Å²) in [6.07, 6.45) is 3.39. The van der Waals surface area contributed by atoms with E-state index in [0.29, 0.717) is 13.1 Å². The van der Waals surface area contributed by atoms with E-state index in [9.17, 15) is 14.3 Å². The van der Waals surface area contributed by atoms with Crippen LogP contribution >= 0.6 is 0 Å². The number of aromatic nitrogens is 2. The highest BCUT2D eigenvalue weighted by molar-refractivity contribution is 5.97. The lowest BCUT2D eigenvalue weighted by Crippen LogP contribution is -2.28. The summed E-state index contributed by atoms with van der Waals surface area (Å²) in [7, 11) is 0. The molecule has 0 spiro atoms. The van der Waals surface area contributed by atoms with Gasteiger partial charge in [0.15, 0.2) is 0 Å². The van der Waals surface area contributed by atoms with Gasteiger partial charge in [-0.1, -0.05) is 6.07 Å². The predicted molar refractivity (Wildman–Crippen MR) is 62.6 cm³/mol. The van der Waals surface area contributed by atoms with Crippen molar-refractivity contribution in [2.45, 2.75) is 6.54 Å². The predicted octanol–water partition coefficient (Wildman–Crippen LogP) is 1.16. The minimum Gasteiger partial charge on any atom is -0.507 e. The first-order valence-corrected chi connectivity index (χ1v) is 5.41. The van der Waals surface area contributed by atoms with Crippen LogP contribution in [0, 0.1) is 5.82 Å². The van der Waals surface area contributed by atoms with E-state index in [-0.39, 0.29) is 11.3 Å².